The van der Waals surface area contributed by atoms with E-state index in [-0.39, 0.29) is 12.1 Å². The molecule has 0 radical (unpaired) electrons. The van der Waals surface area contributed by atoms with Gasteiger partial charge in [-0.1, -0.05) is 18.6 Å². The van der Waals surface area contributed by atoms with Crippen molar-refractivity contribution in [3.05, 3.63) is 29.8 Å². The van der Waals surface area contributed by atoms with Gasteiger partial charge in [-0.05, 0) is 44.0 Å². The van der Waals surface area contributed by atoms with Crippen LogP contribution in [-0.4, -0.2) is 35.7 Å². The van der Waals surface area contributed by atoms with Crippen molar-refractivity contribution in [1.82, 2.24) is 4.90 Å². The van der Waals surface area contributed by atoms with Crippen LogP contribution < -0.4 is 4.74 Å². The van der Waals surface area contributed by atoms with Crippen LogP contribution >= 0.6 is 0 Å². The van der Waals surface area contributed by atoms with Crippen LogP contribution in [0.15, 0.2) is 24.3 Å². The molecule has 0 amide bonds. The maximum absolute atomic E-state index is 11.4. The molecule has 4 nitrogen and oxygen atoms in total. The van der Waals surface area contributed by atoms with Crippen LogP contribution in [0.4, 0.5) is 0 Å². The van der Waals surface area contributed by atoms with Crippen molar-refractivity contribution in [3.8, 4) is 5.75 Å². The molecule has 0 spiro atoms. The van der Waals surface area contributed by atoms with Crippen LogP contribution in [0.3, 0.4) is 0 Å². The van der Waals surface area contributed by atoms with Gasteiger partial charge in [0.1, 0.15) is 11.8 Å². The fraction of sp³-hybridized carbons (Fsp3) is 0.533. The smallest absolute Gasteiger partial charge is 0.320 e. The Hall–Kier alpha value is -1.55. The monoisotopic (exact) mass is 263 g/mol. The van der Waals surface area contributed by atoms with Gasteiger partial charge >= 0.3 is 5.97 Å². The summed E-state index contributed by atoms with van der Waals surface area (Å²) in [4.78, 5) is 13.4. The third-order valence-electron chi connectivity index (χ3n) is 3.90. The highest BCUT2D eigenvalue weighted by molar-refractivity contribution is 5.73. The number of hydrogen-bond donors (Lipinski definition) is 1. The fourth-order valence-electron chi connectivity index (χ4n) is 2.78. The molecule has 1 N–H and O–H groups in total. The third-order valence-corrected chi connectivity index (χ3v) is 3.90. The van der Waals surface area contributed by atoms with Crippen molar-refractivity contribution in [2.24, 2.45) is 0 Å². The lowest BCUT2D eigenvalue weighted by molar-refractivity contribution is -0.145. The number of carbonyl (C=O) groups is 1. The van der Waals surface area contributed by atoms with E-state index < -0.39 is 5.97 Å². The molecule has 0 saturated carbocycles. The van der Waals surface area contributed by atoms with E-state index in [0.29, 0.717) is 0 Å². The maximum Gasteiger partial charge on any atom is 0.320 e. The Bertz CT molecular complexity index is 447. The van der Waals surface area contributed by atoms with Gasteiger partial charge in [0.2, 0.25) is 0 Å². The molecule has 2 atom stereocenters. The Morgan fingerprint density at radius 3 is 2.95 bits per heavy atom. The number of rotatable bonds is 4. The molecule has 0 aromatic heterocycles. The number of carboxylic acid groups (broad SMARTS) is 1. The molecule has 19 heavy (non-hydrogen) atoms. The van der Waals surface area contributed by atoms with Crippen LogP contribution in [0.2, 0.25) is 0 Å². The summed E-state index contributed by atoms with van der Waals surface area (Å²) in [5, 5.41) is 9.34. The molecule has 0 aliphatic carbocycles. The first-order valence-electron chi connectivity index (χ1n) is 6.76. The Morgan fingerprint density at radius 2 is 2.26 bits per heavy atom. The van der Waals surface area contributed by atoms with Gasteiger partial charge in [0, 0.05) is 6.04 Å². The summed E-state index contributed by atoms with van der Waals surface area (Å²) in [6.07, 6.45) is 2.81. The molecule has 2 unspecified atom stereocenters. The predicted octanol–water partition coefficient (Wildman–Crippen LogP) is 2.70. The molecule has 2 rings (SSSR count). The van der Waals surface area contributed by atoms with Crippen LogP contribution in [0, 0.1) is 0 Å². The summed E-state index contributed by atoms with van der Waals surface area (Å²) in [5.41, 5.74) is 1.10. The Morgan fingerprint density at radius 1 is 1.47 bits per heavy atom. The molecular weight excluding hydrogens is 242 g/mol. The highest BCUT2D eigenvalue weighted by Gasteiger charge is 2.32. The number of aliphatic carboxylic acids is 1. The summed E-state index contributed by atoms with van der Waals surface area (Å²) < 4.78 is 5.23. The summed E-state index contributed by atoms with van der Waals surface area (Å²) in [6.45, 7) is 2.91. The van der Waals surface area contributed by atoms with E-state index in [1.807, 2.05) is 24.3 Å². The largest absolute Gasteiger partial charge is 0.497 e. The van der Waals surface area contributed by atoms with Crippen LogP contribution in [0.5, 0.6) is 5.75 Å². The summed E-state index contributed by atoms with van der Waals surface area (Å²) in [5.74, 6) is 0.0997. The van der Waals surface area contributed by atoms with Gasteiger partial charge in [-0.15, -0.1) is 0 Å². The number of ether oxygens (including phenoxy) is 1. The number of likely N-dealkylation sites (tertiary alicyclic amines) is 1. The van der Waals surface area contributed by atoms with Gasteiger partial charge in [0.25, 0.3) is 0 Å². The second-order valence-corrected chi connectivity index (χ2v) is 5.04. The Labute approximate surface area is 114 Å². The number of hydrogen-bond acceptors (Lipinski definition) is 3. The highest BCUT2D eigenvalue weighted by atomic mass is 16.5. The SMILES string of the molecule is COc1cccc(C(C)N2CCCCC2C(=O)O)c1. The minimum Gasteiger partial charge on any atom is -0.497 e. The molecular formula is C15H21NO3. The standard InChI is InChI=1S/C15H21NO3/c1-11(12-6-5-7-13(10-12)19-2)16-9-4-3-8-14(16)15(17)18/h5-7,10-11,14H,3-4,8-9H2,1-2H3,(H,17,18). The van der Waals surface area contributed by atoms with Crippen LogP contribution in [0.25, 0.3) is 0 Å². The second-order valence-electron chi connectivity index (χ2n) is 5.04. The molecule has 1 aliphatic heterocycles. The van der Waals surface area contributed by atoms with Crippen molar-refractivity contribution >= 4 is 5.97 Å². The minimum absolute atomic E-state index is 0.0940. The third kappa shape index (κ3) is 3.07. The summed E-state index contributed by atoms with van der Waals surface area (Å²) in [7, 11) is 1.64. The number of piperidine rings is 1. The lowest BCUT2D eigenvalue weighted by Crippen LogP contribution is -2.45. The molecule has 1 fully saturated rings. The average molecular weight is 263 g/mol. The van der Waals surface area contributed by atoms with E-state index in [0.717, 1.165) is 37.1 Å². The van der Waals surface area contributed by atoms with E-state index in [4.69, 9.17) is 4.74 Å². The zero-order valence-electron chi connectivity index (χ0n) is 11.5. The molecule has 1 aliphatic rings. The Kier molecular flexibility index (Phi) is 4.43. The zero-order chi connectivity index (χ0) is 13.8. The van der Waals surface area contributed by atoms with E-state index >= 15 is 0 Å². The van der Waals surface area contributed by atoms with Crippen molar-refractivity contribution in [1.29, 1.82) is 0 Å². The lowest BCUT2D eigenvalue weighted by Gasteiger charge is -2.37. The molecule has 0 bridgehead atoms. The van der Waals surface area contributed by atoms with E-state index in [9.17, 15) is 9.90 Å². The van der Waals surface area contributed by atoms with Crippen molar-refractivity contribution in [3.63, 3.8) is 0 Å². The van der Waals surface area contributed by atoms with Gasteiger partial charge in [-0.2, -0.15) is 0 Å². The van der Waals surface area contributed by atoms with Gasteiger partial charge in [-0.25, -0.2) is 0 Å². The first-order chi connectivity index (χ1) is 9.13. The van der Waals surface area contributed by atoms with Gasteiger partial charge in [-0.3, -0.25) is 9.69 Å². The zero-order valence-corrected chi connectivity index (χ0v) is 11.5. The summed E-state index contributed by atoms with van der Waals surface area (Å²) in [6, 6.07) is 7.59. The quantitative estimate of drug-likeness (QED) is 0.907. The number of nitrogens with zero attached hydrogens (tertiary/aromatic N) is 1. The minimum atomic E-state index is -0.713. The first-order valence-corrected chi connectivity index (χ1v) is 6.76. The predicted molar refractivity (Wildman–Crippen MR) is 73.4 cm³/mol. The van der Waals surface area contributed by atoms with Crippen molar-refractivity contribution in [2.45, 2.75) is 38.3 Å². The number of benzene rings is 1. The normalized spacial score (nSPS) is 21.9. The van der Waals surface area contributed by atoms with Crippen molar-refractivity contribution < 1.29 is 14.6 Å². The van der Waals surface area contributed by atoms with Gasteiger partial charge < -0.3 is 9.84 Å². The number of methoxy groups -OCH3 is 1. The fourth-order valence-corrected chi connectivity index (χ4v) is 2.78. The molecule has 1 saturated heterocycles. The molecule has 4 heteroatoms. The molecule has 104 valence electrons. The number of carboxylic acids is 1. The average Bonchev–Trinajstić information content (AvgIpc) is 2.46. The first kappa shape index (κ1) is 13.9. The van der Waals surface area contributed by atoms with Crippen LogP contribution in [0.1, 0.15) is 37.8 Å². The second kappa shape index (κ2) is 6.06. The van der Waals surface area contributed by atoms with E-state index in [2.05, 4.69) is 11.8 Å². The topological polar surface area (TPSA) is 49.8 Å². The van der Waals surface area contributed by atoms with Crippen molar-refractivity contribution in [2.75, 3.05) is 13.7 Å². The highest BCUT2D eigenvalue weighted by Crippen LogP contribution is 2.30. The summed E-state index contributed by atoms with van der Waals surface area (Å²) >= 11 is 0. The van der Waals surface area contributed by atoms with Gasteiger partial charge in [0.15, 0.2) is 0 Å². The maximum atomic E-state index is 11.4. The van der Waals surface area contributed by atoms with Gasteiger partial charge in [0.05, 0.1) is 7.11 Å². The van der Waals surface area contributed by atoms with E-state index in [1.54, 1.807) is 7.11 Å². The molecule has 1 aromatic rings. The lowest BCUT2D eigenvalue weighted by atomic mass is 9.97. The van der Waals surface area contributed by atoms with E-state index in [1.165, 1.54) is 0 Å². The molecule has 1 aromatic carbocycles. The molecule has 1 heterocycles. The van der Waals surface area contributed by atoms with Crippen LogP contribution in [-0.2, 0) is 4.79 Å². The Balaban J connectivity index is 2.20.